The van der Waals surface area contributed by atoms with Crippen molar-refractivity contribution in [1.29, 1.82) is 0 Å². The molecular formula is C23H19FN4O2S. The van der Waals surface area contributed by atoms with Crippen LogP contribution in [-0.2, 0) is 11.3 Å². The lowest BCUT2D eigenvalue weighted by molar-refractivity contribution is -0.117. The van der Waals surface area contributed by atoms with Crippen molar-refractivity contribution in [2.24, 2.45) is 0 Å². The van der Waals surface area contributed by atoms with Gasteiger partial charge in [0.25, 0.3) is 5.56 Å². The second-order valence-corrected chi connectivity index (χ2v) is 8.26. The van der Waals surface area contributed by atoms with Crippen LogP contribution in [-0.4, -0.2) is 22.4 Å². The van der Waals surface area contributed by atoms with Gasteiger partial charge in [0.15, 0.2) is 0 Å². The number of amides is 1. The van der Waals surface area contributed by atoms with Crippen molar-refractivity contribution in [3.63, 3.8) is 0 Å². The summed E-state index contributed by atoms with van der Waals surface area (Å²) in [5, 5.41) is 5.65. The number of hydrogen-bond donors (Lipinski definition) is 2. The lowest BCUT2D eigenvalue weighted by Crippen LogP contribution is -2.23. The topological polar surface area (TPSA) is 78.1 Å². The van der Waals surface area contributed by atoms with Crippen molar-refractivity contribution in [3.8, 4) is 11.1 Å². The van der Waals surface area contributed by atoms with Gasteiger partial charge in [-0.1, -0.05) is 18.2 Å². The minimum absolute atomic E-state index is 0.142. The number of H-pyrrole nitrogens is 1. The van der Waals surface area contributed by atoms with Crippen molar-refractivity contribution in [3.05, 3.63) is 75.9 Å². The van der Waals surface area contributed by atoms with Crippen LogP contribution in [0.25, 0.3) is 21.3 Å². The van der Waals surface area contributed by atoms with Gasteiger partial charge in [-0.2, -0.15) is 0 Å². The van der Waals surface area contributed by atoms with Crippen LogP contribution in [0.4, 0.5) is 15.8 Å². The van der Waals surface area contributed by atoms with Crippen LogP contribution in [0.5, 0.6) is 0 Å². The average Bonchev–Trinajstić information content (AvgIpc) is 3.40. The Morgan fingerprint density at radius 3 is 2.77 bits per heavy atom. The van der Waals surface area contributed by atoms with E-state index >= 15 is 0 Å². The summed E-state index contributed by atoms with van der Waals surface area (Å²) < 4.78 is 13.2. The number of rotatable bonds is 5. The van der Waals surface area contributed by atoms with E-state index in [1.807, 2.05) is 29.6 Å². The SMILES string of the molecule is O=C1CCCN1c1cccc(NCc2nc3scc(-c4ccc(F)cc4)c3c(=O)[nH]2)c1. The van der Waals surface area contributed by atoms with Gasteiger partial charge in [-0.15, -0.1) is 11.3 Å². The molecule has 3 heterocycles. The summed E-state index contributed by atoms with van der Waals surface area (Å²) >= 11 is 1.39. The summed E-state index contributed by atoms with van der Waals surface area (Å²) in [6.07, 6.45) is 1.46. The van der Waals surface area contributed by atoms with Gasteiger partial charge in [0, 0.05) is 35.3 Å². The Labute approximate surface area is 181 Å². The molecule has 4 aromatic rings. The van der Waals surface area contributed by atoms with Crippen molar-refractivity contribution in [2.75, 3.05) is 16.8 Å². The zero-order valence-corrected chi connectivity index (χ0v) is 17.3. The van der Waals surface area contributed by atoms with E-state index in [1.165, 1.54) is 23.5 Å². The largest absolute Gasteiger partial charge is 0.378 e. The standard InChI is InChI=1S/C23H19FN4O2S/c24-15-8-6-14(7-9-15)18-13-31-23-21(18)22(30)26-19(27-23)12-25-16-3-1-4-17(11-16)28-10-2-5-20(28)29/h1,3-4,6-9,11,13,25H,2,5,10,12H2,(H,26,27,30). The van der Waals surface area contributed by atoms with E-state index in [0.717, 1.165) is 35.5 Å². The molecule has 0 bridgehead atoms. The van der Waals surface area contributed by atoms with Crippen molar-refractivity contribution < 1.29 is 9.18 Å². The molecule has 1 saturated heterocycles. The second kappa shape index (κ2) is 7.96. The maximum atomic E-state index is 13.2. The third kappa shape index (κ3) is 3.82. The Bertz CT molecular complexity index is 1330. The van der Waals surface area contributed by atoms with Crippen LogP contribution >= 0.6 is 11.3 Å². The van der Waals surface area contributed by atoms with Gasteiger partial charge in [0.1, 0.15) is 16.5 Å². The molecule has 2 N–H and O–H groups in total. The Kier molecular flexibility index (Phi) is 4.99. The molecule has 0 radical (unpaired) electrons. The number of halogens is 1. The number of aromatic nitrogens is 2. The second-order valence-electron chi connectivity index (χ2n) is 7.40. The van der Waals surface area contributed by atoms with E-state index in [-0.39, 0.29) is 17.3 Å². The first kappa shape index (κ1) is 19.4. The zero-order chi connectivity index (χ0) is 21.4. The molecule has 6 nitrogen and oxygen atoms in total. The molecule has 0 atom stereocenters. The first-order chi connectivity index (χ1) is 15.1. The van der Waals surface area contributed by atoms with Gasteiger partial charge in [-0.25, -0.2) is 9.37 Å². The van der Waals surface area contributed by atoms with E-state index in [4.69, 9.17) is 0 Å². The number of carbonyl (C=O) groups excluding carboxylic acids is 1. The molecule has 0 aliphatic carbocycles. The number of nitrogens with zero attached hydrogens (tertiary/aromatic N) is 2. The fourth-order valence-electron chi connectivity index (χ4n) is 3.81. The number of aromatic amines is 1. The number of hydrogen-bond acceptors (Lipinski definition) is 5. The van der Waals surface area contributed by atoms with Gasteiger partial charge < -0.3 is 15.2 Å². The predicted octanol–water partition coefficient (Wildman–Crippen LogP) is 4.53. The lowest BCUT2D eigenvalue weighted by Gasteiger charge is -2.17. The molecule has 2 aromatic carbocycles. The summed E-state index contributed by atoms with van der Waals surface area (Å²) in [4.78, 5) is 34.6. The van der Waals surface area contributed by atoms with E-state index in [1.54, 1.807) is 17.0 Å². The van der Waals surface area contributed by atoms with Crippen LogP contribution in [0, 0.1) is 5.82 Å². The van der Waals surface area contributed by atoms with E-state index in [9.17, 15) is 14.0 Å². The minimum atomic E-state index is -0.318. The highest BCUT2D eigenvalue weighted by Crippen LogP contribution is 2.31. The lowest BCUT2D eigenvalue weighted by atomic mass is 10.1. The Morgan fingerprint density at radius 2 is 2.00 bits per heavy atom. The summed E-state index contributed by atoms with van der Waals surface area (Å²) in [7, 11) is 0. The highest BCUT2D eigenvalue weighted by molar-refractivity contribution is 7.17. The average molecular weight is 434 g/mol. The fourth-order valence-corrected chi connectivity index (χ4v) is 4.78. The first-order valence-electron chi connectivity index (χ1n) is 9.99. The van der Waals surface area contributed by atoms with Crippen molar-refractivity contribution in [1.82, 2.24) is 9.97 Å². The molecule has 2 aromatic heterocycles. The van der Waals surface area contributed by atoms with Crippen LogP contribution in [0.3, 0.4) is 0 Å². The number of thiophene rings is 1. The monoisotopic (exact) mass is 434 g/mol. The number of fused-ring (bicyclic) bond motifs is 1. The van der Waals surface area contributed by atoms with Gasteiger partial charge in [0.2, 0.25) is 5.91 Å². The first-order valence-corrected chi connectivity index (χ1v) is 10.9. The molecule has 0 spiro atoms. The normalized spacial score (nSPS) is 13.8. The van der Waals surface area contributed by atoms with Gasteiger partial charge >= 0.3 is 0 Å². The quantitative estimate of drug-likeness (QED) is 0.484. The molecule has 31 heavy (non-hydrogen) atoms. The summed E-state index contributed by atoms with van der Waals surface area (Å²) in [6.45, 7) is 1.08. The maximum Gasteiger partial charge on any atom is 0.260 e. The molecular weight excluding hydrogens is 415 g/mol. The van der Waals surface area contributed by atoms with Crippen LogP contribution in [0.2, 0.25) is 0 Å². The molecule has 1 aliphatic rings. The molecule has 1 aliphatic heterocycles. The minimum Gasteiger partial charge on any atom is -0.378 e. The number of nitrogens with one attached hydrogen (secondary N) is 2. The molecule has 8 heteroatoms. The van der Waals surface area contributed by atoms with Crippen LogP contribution < -0.4 is 15.8 Å². The summed E-state index contributed by atoms with van der Waals surface area (Å²) in [5.41, 5.74) is 3.01. The Balaban J connectivity index is 1.38. The molecule has 1 fully saturated rings. The molecule has 0 unspecified atom stereocenters. The molecule has 5 rings (SSSR count). The molecule has 1 amide bonds. The number of carbonyl (C=O) groups is 1. The smallest absolute Gasteiger partial charge is 0.260 e. The van der Waals surface area contributed by atoms with E-state index < -0.39 is 0 Å². The predicted molar refractivity (Wildman–Crippen MR) is 121 cm³/mol. The van der Waals surface area contributed by atoms with Crippen molar-refractivity contribution >= 4 is 38.8 Å². The fraction of sp³-hybridized carbons (Fsp3) is 0.174. The highest BCUT2D eigenvalue weighted by atomic mass is 32.1. The van der Waals surface area contributed by atoms with Gasteiger partial charge in [-0.3, -0.25) is 9.59 Å². The number of anilines is 2. The van der Waals surface area contributed by atoms with Gasteiger partial charge in [0.05, 0.1) is 11.9 Å². The highest BCUT2D eigenvalue weighted by Gasteiger charge is 2.21. The third-order valence-electron chi connectivity index (χ3n) is 5.34. The maximum absolute atomic E-state index is 13.2. The molecule has 156 valence electrons. The summed E-state index contributed by atoms with van der Waals surface area (Å²) in [6, 6.07) is 13.7. The van der Waals surface area contributed by atoms with Crippen molar-refractivity contribution in [2.45, 2.75) is 19.4 Å². The third-order valence-corrected chi connectivity index (χ3v) is 6.21. The van der Waals surface area contributed by atoms with Gasteiger partial charge in [-0.05, 0) is 42.3 Å². The number of benzene rings is 2. The Hall–Kier alpha value is -3.52. The Morgan fingerprint density at radius 1 is 1.16 bits per heavy atom. The van der Waals surface area contributed by atoms with E-state index in [0.29, 0.717) is 29.0 Å². The molecule has 0 saturated carbocycles. The van der Waals surface area contributed by atoms with Crippen LogP contribution in [0.15, 0.2) is 58.7 Å². The summed E-state index contributed by atoms with van der Waals surface area (Å²) in [5.74, 6) is 0.345. The van der Waals surface area contributed by atoms with Crippen LogP contribution in [0.1, 0.15) is 18.7 Å². The zero-order valence-electron chi connectivity index (χ0n) is 16.5. The van der Waals surface area contributed by atoms with E-state index in [2.05, 4.69) is 15.3 Å².